The van der Waals surface area contributed by atoms with E-state index in [-0.39, 0.29) is 0 Å². The van der Waals surface area contributed by atoms with Gasteiger partial charge in [0.25, 0.3) is 0 Å². The molecule has 0 aliphatic rings. The van der Waals surface area contributed by atoms with Crippen molar-refractivity contribution in [3.63, 3.8) is 0 Å². The second-order valence-electron chi connectivity index (χ2n) is 3.43. The molecule has 2 rings (SSSR count). The quantitative estimate of drug-likeness (QED) is 0.640. The molecule has 0 radical (unpaired) electrons. The first-order chi connectivity index (χ1) is 7.65. The van der Waals surface area contributed by atoms with Crippen molar-refractivity contribution in [3.8, 4) is 11.5 Å². The Morgan fingerprint density at radius 2 is 1.94 bits per heavy atom. The number of benzene rings is 1. The predicted molar refractivity (Wildman–Crippen MR) is 64.9 cm³/mol. The van der Waals surface area contributed by atoms with Crippen molar-refractivity contribution >= 4 is 17.3 Å². The van der Waals surface area contributed by atoms with Gasteiger partial charge in [-0.05, 0) is 24.6 Å². The summed E-state index contributed by atoms with van der Waals surface area (Å²) in [6.45, 7) is 1.95. The number of pyridine rings is 1. The molecule has 2 N–H and O–H groups in total. The van der Waals surface area contributed by atoms with Crippen LogP contribution >= 0.6 is 11.6 Å². The highest BCUT2D eigenvalue weighted by Gasteiger charge is 2.00. The van der Waals surface area contributed by atoms with Crippen LogP contribution in [0.25, 0.3) is 0 Å². The van der Waals surface area contributed by atoms with Crippen LogP contribution in [-0.4, -0.2) is 4.98 Å². The molecule has 2 aromatic rings. The van der Waals surface area contributed by atoms with Crippen LogP contribution in [0.1, 0.15) is 5.56 Å². The van der Waals surface area contributed by atoms with Crippen molar-refractivity contribution in [2.75, 3.05) is 5.73 Å². The molecule has 0 aliphatic carbocycles. The Bertz CT molecular complexity index is 514. The Labute approximate surface area is 98.8 Å². The molecule has 4 heteroatoms. The van der Waals surface area contributed by atoms with Gasteiger partial charge in [-0.25, -0.2) is 4.98 Å². The summed E-state index contributed by atoms with van der Waals surface area (Å²) in [5, 5.41) is 0.401. The Balaban J connectivity index is 2.24. The van der Waals surface area contributed by atoms with Gasteiger partial charge in [-0.3, -0.25) is 0 Å². The maximum absolute atomic E-state index is 5.79. The fourth-order valence-corrected chi connectivity index (χ4v) is 1.43. The topological polar surface area (TPSA) is 48.1 Å². The molecule has 0 atom stereocenters. The largest absolute Gasteiger partial charge is 0.457 e. The van der Waals surface area contributed by atoms with Gasteiger partial charge in [-0.2, -0.15) is 0 Å². The average Bonchev–Trinajstić information content (AvgIpc) is 2.24. The number of aromatic nitrogens is 1. The van der Waals surface area contributed by atoms with Crippen LogP contribution in [0.5, 0.6) is 11.5 Å². The van der Waals surface area contributed by atoms with Crippen LogP contribution in [0.3, 0.4) is 0 Å². The van der Waals surface area contributed by atoms with Crippen molar-refractivity contribution in [1.82, 2.24) is 4.98 Å². The van der Waals surface area contributed by atoms with Gasteiger partial charge in [0.15, 0.2) is 0 Å². The van der Waals surface area contributed by atoms with Gasteiger partial charge >= 0.3 is 0 Å². The van der Waals surface area contributed by atoms with E-state index in [1.54, 1.807) is 24.4 Å². The van der Waals surface area contributed by atoms with E-state index in [0.29, 0.717) is 22.3 Å². The lowest BCUT2D eigenvalue weighted by Gasteiger charge is -2.07. The Kier molecular flexibility index (Phi) is 2.97. The minimum atomic E-state index is 0.401. The minimum Gasteiger partial charge on any atom is -0.457 e. The second-order valence-corrected chi connectivity index (χ2v) is 3.82. The zero-order valence-corrected chi connectivity index (χ0v) is 9.53. The van der Waals surface area contributed by atoms with E-state index in [1.807, 2.05) is 19.1 Å². The van der Waals surface area contributed by atoms with Gasteiger partial charge in [0.05, 0.1) is 0 Å². The predicted octanol–water partition coefficient (Wildman–Crippen LogP) is 3.42. The molecule has 1 heterocycles. The monoisotopic (exact) mass is 234 g/mol. The van der Waals surface area contributed by atoms with Gasteiger partial charge in [0.1, 0.15) is 16.7 Å². The maximum Gasteiger partial charge on any atom is 0.132 e. The van der Waals surface area contributed by atoms with E-state index in [4.69, 9.17) is 22.1 Å². The smallest absolute Gasteiger partial charge is 0.132 e. The van der Waals surface area contributed by atoms with E-state index in [2.05, 4.69) is 4.98 Å². The molecule has 0 aliphatic heterocycles. The van der Waals surface area contributed by atoms with E-state index < -0.39 is 0 Å². The SMILES string of the molecule is Cc1ccc(Oc2ccnc(Cl)c2)cc1N. The van der Waals surface area contributed by atoms with Crippen LogP contribution in [-0.2, 0) is 0 Å². The second kappa shape index (κ2) is 4.41. The van der Waals surface area contributed by atoms with E-state index in [9.17, 15) is 0 Å². The van der Waals surface area contributed by atoms with Crippen molar-refractivity contribution in [2.24, 2.45) is 0 Å². The van der Waals surface area contributed by atoms with Gasteiger partial charge < -0.3 is 10.5 Å². The molecule has 1 aromatic carbocycles. The van der Waals surface area contributed by atoms with Crippen LogP contribution in [0.2, 0.25) is 5.15 Å². The molecule has 0 spiro atoms. The fraction of sp³-hybridized carbons (Fsp3) is 0.0833. The number of anilines is 1. The van der Waals surface area contributed by atoms with Gasteiger partial charge in [0, 0.05) is 24.0 Å². The van der Waals surface area contributed by atoms with Gasteiger partial charge in [0.2, 0.25) is 0 Å². The highest BCUT2D eigenvalue weighted by molar-refractivity contribution is 6.29. The average molecular weight is 235 g/mol. The summed E-state index contributed by atoms with van der Waals surface area (Å²) in [5.41, 5.74) is 7.52. The third kappa shape index (κ3) is 2.44. The molecule has 82 valence electrons. The summed E-state index contributed by atoms with van der Waals surface area (Å²) in [6.07, 6.45) is 1.59. The number of hydrogen-bond acceptors (Lipinski definition) is 3. The van der Waals surface area contributed by atoms with Crippen molar-refractivity contribution in [3.05, 3.63) is 47.2 Å². The molecule has 0 bridgehead atoms. The van der Waals surface area contributed by atoms with Crippen molar-refractivity contribution in [1.29, 1.82) is 0 Å². The molecule has 1 aromatic heterocycles. The fourth-order valence-electron chi connectivity index (χ4n) is 1.27. The summed E-state index contributed by atoms with van der Waals surface area (Å²) in [6, 6.07) is 8.94. The molecule has 0 fully saturated rings. The maximum atomic E-state index is 5.79. The number of ether oxygens (including phenoxy) is 1. The molecule has 16 heavy (non-hydrogen) atoms. The number of aryl methyl sites for hydroxylation is 1. The molecule has 0 saturated heterocycles. The summed E-state index contributed by atoms with van der Waals surface area (Å²) in [4.78, 5) is 3.87. The zero-order valence-electron chi connectivity index (χ0n) is 8.77. The minimum absolute atomic E-state index is 0.401. The van der Waals surface area contributed by atoms with Crippen LogP contribution in [0.4, 0.5) is 5.69 Å². The normalized spacial score (nSPS) is 10.1. The Morgan fingerprint density at radius 3 is 2.62 bits per heavy atom. The van der Waals surface area contributed by atoms with Crippen LogP contribution < -0.4 is 10.5 Å². The molecule has 0 saturated carbocycles. The summed E-state index contributed by atoms with van der Waals surface area (Å²) >= 11 is 5.75. The standard InChI is InChI=1S/C12H11ClN2O/c1-8-2-3-9(6-11(8)14)16-10-4-5-15-12(13)7-10/h2-7H,14H2,1H3. The highest BCUT2D eigenvalue weighted by Crippen LogP contribution is 2.25. The van der Waals surface area contributed by atoms with Crippen LogP contribution in [0.15, 0.2) is 36.5 Å². The third-order valence-electron chi connectivity index (χ3n) is 2.18. The Hall–Kier alpha value is -1.74. The van der Waals surface area contributed by atoms with Gasteiger partial charge in [-0.15, -0.1) is 0 Å². The van der Waals surface area contributed by atoms with Gasteiger partial charge in [-0.1, -0.05) is 17.7 Å². The van der Waals surface area contributed by atoms with E-state index in [0.717, 1.165) is 5.56 Å². The number of rotatable bonds is 2. The van der Waals surface area contributed by atoms with E-state index >= 15 is 0 Å². The Morgan fingerprint density at radius 1 is 1.19 bits per heavy atom. The molecule has 3 nitrogen and oxygen atoms in total. The molecule has 0 amide bonds. The number of nitrogens with two attached hydrogens (primary N) is 1. The summed E-state index contributed by atoms with van der Waals surface area (Å²) in [5.74, 6) is 1.33. The molecular formula is C12H11ClN2O. The number of halogens is 1. The number of nitrogen functional groups attached to an aromatic ring is 1. The van der Waals surface area contributed by atoms with Crippen LogP contribution in [0, 0.1) is 6.92 Å². The number of nitrogens with zero attached hydrogens (tertiary/aromatic N) is 1. The highest BCUT2D eigenvalue weighted by atomic mass is 35.5. The third-order valence-corrected chi connectivity index (χ3v) is 2.39. The lowest BCUT2D eigenvalue weighted by Crippen LogP contribution is -1.91. The zero-order chi connectivity index (χ0) is 11.5. The van der Waals surface area contributed by atoms with Crippen molar-refractivity contribution in [2.45, 2.75) is 6.92 Å². The lowest BCUT2D eigenvalue weighted by molar-refractivity contribution is 0.482. The lowest BCUT2D eigenvalue weighted by atomic mass is 10.2. The summed E-state index contributed by atoms with van der Waals surface area (Å²) < 4.78 is 5.59. The number of hydrogen-bond donors (Lipinski definition) is 1. The van der Waals surface area contributed by atoms with E-state index in [1.165, 1.54) is 0 Å². The first kappa shape index (κ1) is 10.8. The first-order valence-corrected chi connectivity index (χ1v) is 5.18. The van der Waals surface area contributed by atoms with Crippen molar-refractivity contribution < 1.29 is 4.74 Å². The first-order valence-electron chi connectivity index (χ1n) is 4.81. The molecule has 0 unspecified atom stereocenters. The summed E-state index contributed by atoms with van der Waals surface area (Å²) in [7, 11) is 0. The molecular weight excluding hydrogens is 224 g/mol.